The molecular weight excluding hydrogens is 266 g/mol. The van der Waals surface area contributed by atoms with Crippen molar-refractivity contribution in [1.29, 1.82) is 0 Å². The van der Waals surface area contributed by atoms with E-state index in [-0.39, 0.29) is 12.1 Å². The van der Waals surface area contributed by atoms with Crippen molar-refractivity contribution in [2.75, 3.05) is 13.6 Å². The number of nitrogens with zero attached hydrogens (tertiary/aromatic N) is 1. The highest BCUT2D eigenvalue weighted by molar-refractivity contribution is 7.24. The fourth-order valence-corrected chi connectivity index (χ4v) is 3.23. The largest absolute Gasteiger partial charge is 0.463 e. The van der Waals surface area contributed by atoms with E-state index in [1.54, 1.807) is 22.7 Å². The van der Waals surface area contributed by atoms with E-state index in [1.807, 2.05) is 13.8 Å². The van der Waals surface area contributed by atoms with Gasteiger partial charge in [0.05, 0.1) is 6.10 Å². The second kappa shape index (κ2) is 8.43. The summed E-state index contributed by atoms with van der Waals surface area (Å²) in [5, 5.41) is 4.19. The maximum atomic E-state index is 11.5. The van der Waals surface area contributed by atoms with Crippen molar-refractivity contribution < 1.29 is 9.53 Å². The first-order chi connectivity index (χ1) is 8.63. The van der Waals surface area contributed by atoms with Crippen LogP contribution in [0.1, 0.15) is 39.5 Å². The Labute approximate surface area is 117 Å². The highest BCUT2D eigenvalue weighted by atomic mass is 32.2. The summed E-state index contributed by atoms with van der Waals surface area (Å²) in [4.78, 5) is 11.5. The molecule has 0 aliphatic heterocycles. The number of rotatable bonds is 7. The standard InChI is InChI=1S/C13H22NO2S2/c1-4-11(2)16-12(15)7-5-6-8-14(3)13-17-9-10-18-13/h9-11H,4-8H2,1-3H3/q+1. The molecule has 1 aromatic heterocycles. The van der Waals surface area contributed by atoms with Gasteiger partial charge in [0.1, 0.15) is 13.6 Å². The molecule has 5 heteroatoms. The van der Waals surface area contributed by atoms with Gasteiger partial charge in [-0.2, -0.15) is 0 Å². The van der Waals surface area contributed by atoms with Crippen molar-refractivity contribution >= 4 is 28.6 Å². The van der Waals surface area contributed by atoms with Gasteiger partial charge in [0, 0.05) is 23.6 Å². The topological polar surface area (TPSA) is 29.3 Å². The quantitative estimate of drug-likeness (QED) is 0.438. The molecule has 0 spiro atoms. The highest BCUT2D eigenvalue weighted by Gasteiger charge is 2.08. The molecule has 1 heterocycles. The number of carbonyl (C=O) groups excluding carboxylic acids is 1. The second-order valence-electron chi connectivity index (χ2n) is 4.36. The van der Waals surface area contributed by atoms with E-state index in [4.69, 9.17) is 4.74 Å². The minimum absolute atomic E-state index is 0.0492. The predicted octanol–water partition coefficient (Wildman–Crippen LogP) is 2.72. The number of hydrogen-bond donors (Lipinski definition) is 0. The average Bonchev–Trinajstić information content (AvgIpc) is 2.88. The van der Waals surface area contributed by atoms with E-state index in [0.29, 0.717) is 6.42 Å². The van der Waals surface area contributed by atoms with Crippen molar-refractivity contribution in [2.24, 2.45) is 0 Å². The predicted molar refractivity (Wildman–Crippen MR) is 78.0 cm³/mol. The molecule has 0 N–H and O–H groups in total. The number of carbonyl (C=O) groups is 1. The van der Waals surface area contributed by atoms with Gasteiger partial charge in [-0.05, 0) is 19.8 Å². The molecule has 102 valence electrons. The molecule has 1 unspecified atom stereocenters. The number of esters is 1. The van der Waals surface area contributed by atoms with Gasteiger partial charge in [-0.3, -0.25) is 4.79 Å². The average molecular weight is 288 g/mol. The molecule has 0 aliphatic carbocycles. The lowest BCUT2D eigenvalue weighted by Crippen LogP contribution is -2.22. The zero-order chi connectivity index (χ0) is 13.4. The first-order valence-corrected chi connectivity index (χ1v) is 8.15. The molecule has 0 aromatic carbocycles. The maximum Gasteiger partial charge on any atom is 0.313 e. The molecule has 0 fully saturated rings. The molecule has 3 nitrogen and oxygen atoms in total. The molecule has 18 heavy (non-hydrogen) atoms. The van der Waals surface area contributed by atoms with Crippen LogP contribution in [0, 0.1) is 0 Å². The van der Waals surface area contributed by atoms with Gasteiger partial charge < -0.3 is 4.74 Å². The zero-order valence-electron chi connectivity index (χ0n) is 11.3. The smallest absolute Gasteiger partial charge is 0.313 e. The highest BCUT2D eigenvalue weighted by Crippen LogP contribution is 2.02. The summed E-state index contributed by atoms with van der Waals surface area (Å²) in [5.74, 6) is -0.0639. The van der Waals surface area contributed by atoms with Crippen LogP contribution in [-0.2, 0) is 9.53 Å². The first-order valence-electron chi connectivity index (χ1n) is 6.39. The van der Waals surface area contributed by atoms with E-state index < -0.39 is 0 Å². The van der Waals surface area contributed by atoms with Crippen LogP contribution in [0.5, 0.6) is 0 Å². The van der Waals surface area contributed by atoms with Crippen molar-refractivity contribution in [3.05, 3.63) is 14.7 Å². The second-order valence-corrected chi connectivity index (χ2v) is 6.41. The summed E-state index contributed by atoms with van der Waals surface area (Å²) < 4.78 is 8.79. The molecule has 0 radical (unpaired) electrons. The maximum absolute atomic E-state index is 11.5. The van der Waals surface area contributed by atoms with Crippen LogP contribution in [0.15, 0.2) is 10.8 Å². The molecular formula is C13H22NO2S2+. The Morgan fingerprint density at radius 2 is 2.06 bits per heavy atom. The zero-order valence-corrected chi connectivity index (χ0v) is 13.0. The van der Waals surface area contributed by atoms with Crippen LogP contribution in [-0.4, -0.2) is 25.7 Å². The summed E-state index contributed by atoms with van der Waals surface area (Å²) in [6.45, 7) is 4.95. The van der Waals surface area contributed by atoms with Crippen molar-refractivity contribution in [1.82, 2.24) is 4.58 Å². The minimum atomic E-state index is -0.0639. The van der Waals surface area contributed by atoms with Crippen LogP contribution in [0.3, 0.4) is 0 Å². The van der Waals surface area contributed by atoms with Crippen LogP contribution >= 0.6 is 22.7 Å². The molecule has 1 atom stereocenters. The van der Waals surface area contributed by atoms with E-state index in [2.05, 4.69) is 22.4 Å². The molecule has 0 bridgehead atoms. The normalized spacial score (nSPS) is 12.2. The summed E-state index contributed by atoms with van der Waals surface area (Å²) in [7, 11) is 2.10. The van der Waals surface area contributed by atoms with Crippen LogP contribution in [0.4, 0.5) is 0 Å². The third kappa shape index (κ3) is 5.78. The molecule has 0 aliphatic rings. The van der Waals surface area contributed by atoms with Gasteiger partial charge in [0.15, 0.2) is 0 Å². The van der Waals surface area contributed by atoms with Gasteiger partial charge >= 0.3 is 9.95 Å². The third-order valence-corrected chi connectivity index (χ3v) is 5.06. The van der Waals surface area contributed by atoms with Gasteiger partial charge in [0.25, 0.3) is 0 Å². The van der Waals surface area contributed by atoms with E-state index in [9.17, 15) is 4.79 Å². The van der Waals surface area contributed by atoms with Gasteiger partial charge in [0.2, 0.25) is 0 Å². The number of ether oxygens (including phenoxy) is 1. The Bertz CT molecular complexity index is 406. The monoisotopic (exact) mass is 288 g/mol. The van der Waals surface area contributed by atoms with Crippen LogP contribution < -0.4 is 8.56 Å². The van der Waals surface area contributed by atoms with Crippen molar-refractivity contribution in [2.45, 2.75) is 45.6 Å². The van der Waals surface area contributed by atoms with Crippen LogP contribution in [0.25, 0.3) is 0 Å². The summed E-state index contributed by atoms with van der Waals surface area (Å²) in [6, 6.07) is 0. The molecule has 0 saturated heterocycles. The lowest BCUT2D eigenvalue weighted by Gasteiger charge is -2.10. The van der Waals surface area contributed by atoms with E-state index in [0.717, 1.165) is 25.8 Å². The molecule has 1 rings (SSSR count). The Kier molecular flexibility index (Phi) is 7.20. The summed E-state index contributed by atoms with van der Waals surface area (Å²) >= 11 is 3.52. The summed E-state index contributed by atoms with van der Waals surface area (Å²) in [5.41, 5.74) is 0. The SMILES string of the molecule is CCC(C)OC(=O)CCCC[N+](C)=c1sccs1. The molecule has 0 saturated carbocycles. The lowest BCUT2D eigenvalue weighted by molar-refractivity contribution is -0.148. The van der Waals surface area contributed by atoms with E-state index in [1.165, 1.54) is 3.98 Å². The Hall–Kier alpha value is -0.680. The molecule has 0 amide bonds. The van der Waals surface area contributed by atoms with Gasteiger partial charge in [-0.1, -0.05) is 29.6 Å². The Morgan fingerprint density at radius 1 is 1.39 bits per heavy atom. The van der Waals surface area contributed by atoms with Crippen molar-refractivity contribution in [3.8, 4) is 0 Å². The number of hydrogen-bond acceptors (Lipinski definition) is 4. The Balaban J connectivity index is 2.20. The number of unbranched alkanes of at least 4 members (excludes halogenated alkanes) is 1. The van der Waals surface area contributed by atoms with Gasteiger partial charge in [-0.25, -0.2) is 4.58 Å². The first kappa shape index (κ1) is 15.4. The Morgan fingerprint density at radius 3 is 2.67 bits per heavy atom. The minimum Gasteiger partial charge on any atom is -0.463 e. The van der Waals surface area contributed by atoms with Gasteiger partial charge in [-0.15, -0.1) is 0 Å². The fraction of sp³-hybridized carbons (Fsp3) is 0.692. The fourth-order valence-electron chi connectivity index (χ4n) is 1.46. The summed E-state index contributed by atoms with van der Waals surface area (Å²) in [6.07, 6.45) is 3.39. The third-order valence-electron chi connectivity index (χ3n) is 2.74. The van der Waals surface area contributed by atoms with E-state index >= 15 is 0 Å². The molecule has 1 aromatic rings. The van der Waals surface area contributed by atoms with Crippen molar-refractivity contribution in [3.63, 3.8) is 0 Å². The lowest BCUT2D eigenvalue weighted by atomic mass is 10.2. The van der Waals surface area contributed by atoms with Crippen LogP contribution in [0.2, 0.25) is 0 Å².